The Hall–Kier alpha value is -2.57. The molecule has 0 aliphatic carbocycles. The van der Waals surface area contributed by atoms with Crippen molar-refractivity contribution in [1.29, 1.82) is 0 Å². The molecule has 0 bridgehead atoms. The number of carbonyl (C=O) groups excluding carboxylic acids is 3. The fourth-order valence-electron chi connectivity index (χ4n) is 2.18. The van der Waals surface area contributed by atoms with Gasteiger partial charge in [0.15, 0.2) is 0 Å². The van der Waals surface area contributed by atoms with Crippen molar-refractivity contribution in [2.75, 3.05) is 24.2 Å². The number of rotatable bonds is 5. The Morgan fingerprint density at radius 3 is 2.12 bits per heavy atom. The van der Waals surface area contributed by atoms with Crippen LogP contribution in [0.25, 0.3) is 0 Å². The molecule has 0 fully saturated rings. The number of nitrogens with one attached hydrogen (secondary N) is 2. The summed E-state index contributed by atoms with van der Waals surface area (Å²) in [7, 11) is 1.53. The van der Waals surface area contributed by atoms with Gasteiger partial charge < -0.3 is 15.5 Å². The van der Waals surface area contributed by atoms with E-state index < -0.39 is 0 Å². The lowest BCUT2D eigenvalue weighted by Gasteiger charge is -2.17. The third kappa shape index (κ3) is 5.47. The van der Waals surface area contributed by atoms with Crippen LogP contribution in [0.5, 0.6) is 0 Å². The lowest BCUT2D eigenvalue weighted by Crippen LogP contribution is -2.34. The number of likely N-dealkylation sites (N-methyl/N-ethyl adjacent to an activating group) is 1. The minimum Gasteiger partial charge on any atom is -0.332 e. The molecule has 0 unspecified atom stereocenters. The van der Waals surface area contributed by atoms with E-state index in [9.17, 15) is 14.4 Å². The highest BCUT2D eigenvalue weighted by Gasteiger charge is 2.15. The normalized spacial score (nSPS) is 10.2. The van der Waals surface area contributed by atoms with E-state index in [1.54, 1.807) is 36.4 Å². The maximum atomic E-state index is 12.4. The lowest BCUT2D eigenvalue weighted by atomic mass is 10.2. The molecule has 3 amide bonds. The fourth-order valence-corrected chi connectivity index (χ4v) is 2.48. The van der Waals surface area contributed by atoms with Crippen molar-refractivity contribution in [3.63, 3.8) is 0 Å². The molecule has 8 heteroatoms. The molecule has 0 spiro atoms. The van der Waals surface area contributed by atoms with Crippen LogP contribution in [0.4, 0.5) is 11.4 Å². The number of nitrogens with zero attached hydrogens (tertiary/aromatic N) is 1. The van der Waals surface area contributed by atoms with Gasteiger partial charge in [-0.1, -0.05) is 23.2 Å². The Balaban J connectivity index is 1.96. The first-order chi connectivity index (χ1) is 12.3. The molecule has 2 aromatic carbocycles. The largest absolute Gasteiger partial charge is 0.332 e. The lowest BCUT2D eigenvalue weighted by molar-refractivity contribution is -0.116. The SMILES string of the molecule is CC(=O)Nc1ccc(C(=O)N(C)CC(=O)Nc2ccc(Cl)c(Cl)c2)cc1. The zero-order valence-corrected chi connectivity index (χ0v) is 15.7. The summed E-state index contributed by atoms with van der Waals surface area (Å²) in [5.41, 5.74) is 1.49. The molecule has 6 nitrogen and oxygen atoms in total. The zero-order chi connectivity index (χ0) is 19.3. The van der Waals surface area contributed by atoms with Gasteiger partial charge in [0, 0.05) is 30.9 Å². The highest BCUT2D eigenvalue weighted by Crippen LogP contribution is 2.25. The second-order valence-electron chi connectivity index (χ2n) is 5.60. The molecule has 26 heavy (non-hydrogen) atoms. The van der Waals surface area contributed by atoms with Gasteiger partial charge in [-0.3, -0.25) is 14.4 Å². The molecule has 0 saturated heterocycles. The van der Waals surface area contributed by atoms with Crippen LogP contribution in [0.2, 0.25) is 10.0 Å². The summed E-state index contributed by atoms with van der Waals surface area (Å²) in [5, 5.41) is 5.99. The number of amides is 3. The number of halogens is 2. The Kier molecular flexibility index (Phi) is 6.60. The van der Waals surface area contributed by atoms with Crippen LogP contribution in [-0.4, -0.2) is 36.2 Å². The smallest absolute Gasteiger partial charge is 0.254 e. The molecule has 0 aromatic heterocycles. The van der Waals surface area contributed by atoms with Crippen LogP contribution in [0.3, 0.4) is 0 Å². The Morgan fingerprint density at radius 2 is 1.54 bits per heavy atom. The molecule has 2 N–H and O–H groups in total. The molecule has 2 aromatic rings. The molecule has 0 atom stereocenters. The summed E-state index contributed by atoms with van der Waals surface area (Å²) in [6, 6.07) is 11.1. The summed E-state index contributed by atoms with van der Waals surface area (Å²) in [6.07, 6.45) is 0. The van der Waals surface area contributed by atoms with Crippen LogP contribution < -0.4 is 10.6 Å². The van der Waals surface area contributed by atoms with E-state index >= 15 is 0 Å². The minimum absolute atomic E-state index is 0.132. The van der Waals surface area contributed by atoms with Crippen LogP contribution >= 0.6 is 23.2 Å². The Morgan fingerprint density at radius 1 is 0.923 bits per heavy atom. The molecular formula is C18H17Cl2N3O3. The van der Waals surface area contributed by atoms with Gasteiger partial charge >= 0.3 is 0 Å². The van der Waals surface area contributed by atoms with Crippen LogP contribution in [0.15, 0.2) is 42.5 Å². The molecule has 2 rings (SSSR count). The summed E-state index contributed by atoms with van der Waals surface area (Å²) >= 11 is 11.7. The number of carbonyl (C=O) groups is 3. The predicted octanol–water partition coefficient (Wildman–Crippen LogP) is 3.66. The molecule has 136 valence electrons. The topological polar surface area (TPSA) is 78.5 Å². The molecular weight excluding hydrogens is 377 g/mol. The number of hydrogen-bond donors (Lipinski definition) is 2. The standard InChI is InChI=1S/C18H17Cl2N3O3/c1-11(24)21-13-5-3-12(4-6-13)18(26)23(2)10-17(25)22-14-7-8-15(19)16(20)9-14/h3-9H,10H2,1-2H3,(H,21,24)(H,22,25). The van der Waals surface area contributed by atoms with Crippen LogP contribution in [0.1, 0.15) is 17.3 Å². The van der Waals surface area contributed by atoms with Gasteiger partial charge in [0.05, 0.1) is 16.6 Å². The zero-order valence-electron chi connectivity index (χ0n) is 14.2. The van der Waals surface area contributed by atoms with Gasteiger partial charge in [0.25, 0.3) is 5.91 Å². The van der Waals surface area contributed by atoms with Gasteiger partial charge in [0.1, 0.15) is 0 Å². The number of hydrogen-bond acceptors (Lipinski definition) is 3. The highest BCUT2D eigenvalue weighted by atomic mass is 35.5. The number of benzene rings is 2. The summed E-state index contributed by atoms with van der Waals surface area (Å²) in [6.45, 7) is 1.27. The van der Waals surface area contributed by atoms with E-state index in [0.29, 0.717) is 27.0 Å². The van der Waals surface area contributed by atoms with E-state index in [4.69, 9.17) is 23.2 Å². The monoisotopic (exact) mass is 393 g/mol. The molecule has 0 saturated carbocycles. The second kappa shape index (κ2) is 8.69. The van der Waals surface area contributed by atoms with E-state index in [1.807, 2.05) is 0 Å². The van der Waals surface area contributed by atoms with Crippen molar-refractivity contribution in [1.82, 2.24) is 4.90 Å². The average molecular weight is 394 g/mol. The third-order valence-corrected chi connectivity index (χ3v) is 4.12. The van der Waals surface area contributed by atoms with Crippen molar-refractivity contribution in [3.8, 4) is 0 Å². The second-order valence-corrected chi connectivity index (χ2v) is 6.41. The van der Waals surface area contributed by atoms with Crippen LogP contribution in [0, 0.1) is 0 Å². The first-order valence-corrected chi connectivity index (χ1v) is 8.40. The molecule has 0 aliphatic rings. The average Bonchev–Trinajstić information content (AvgIpc) is 2.57. The van der Waals surface area contributed by atoms with Gasteiger partial charge in [-0.15, -0.1) is 0 Å². The van der Waals surface area contributed by atoms with Crippen molar-refractivity contribution in [2.24, 2.45) is 0 Å². The van der Waals surface area contributed by atoms with Crippen molar-refractivity contribution in [2.45, 2.75) is 6.92 Å². The number of anilines is 2. The van der Waals surface area contributed by atoms with E-state index in [2.05, 4.69) is 10.6 Å². The van der Waals surface area contributed by atoms with Crippen molar-refractivity contribution in [3.05, 3.63) is 58.1 Å². The van der Waals surface area contributed by atoms with Gasteiger partial charge in [-0.2, -0.15) is 0 Å². The van der Waals surface area contributed by atoms with E-state index in [-0.39, 0.29) is 24.3 Å². The summed E-state index contributed by atoms with van der Waals surface area (Å²) in [4.78, 5) is 36.8. The van der Waals surface area contributed by atoms with Gasteiger partial charge in [-0.25, -0.2) is 0 Å². The fraction of sp³-hybridized carbons (Fsp3) is 0.167. The van der Waals surface area contributed by atoms with E-state index in [1.165, 1.54) is 24.9 Å². The highest BCUT2D eigenvalue weighted by molar-refractivity contribution is 6.42. The summed E-state index contributed by atoms with van der Waals surface area (Å²) < 4.78 is 0. The van der Waals surface area contributed by atoms with Gasteiger partial charge in [-0.05, 0) is 42.5 Å². The maximum Gasteiger partial charge on any atom is 0.254 e. The molecule has 0 radical (unpaired) electrons. The Bertz CT molecular complexity index is 838. The predicted molar refractivity (Wildman–Crippen MR) is 103 cm³/mol. The molecule has 0 heterocycles. The first kappa shape index (κ1) is 19.8. The van der Waals surface area contributed by atoms with Crippen LogP contribution in [-0.2, 0) is 9.59 Å². The van der Waals surface area contributed by atoms with Crippen molar-refractivity contribution < 1.29 is 14.4 Å². The Labute approximate surface area is 161 Å². The summed E-state index contributed by atoms with van der Waals surface area (Å²) in [5.74, 6) is -0.877. The molecule has 0 aliphatic heterocycles. The first-order valence-electron chi connectivity index (χ1n) is 7.64. The van der Waals surface area contributed by atoms with E-state index in [0.717, 1.165) is 0 Å². The maximum absolute atomic E-state index is 12.4. The van der Waals surface area contributed by atoms with Gasteiger partial charge in [0.2, 0.25) is 11.8 Å². The third-order valence-electron chi connectivity index (χ3n) is 3.38. The minimum atomic E-state index is -0.367. The quantitative estimate of drug-likeness (QED) is 0.813. The van der Waals surface area contributed by atoms with Crippen molar-refractivity contribution >= 4 is 52.3 Å².